The maximum absolute atomic E-state index is 12.6. The van der Waals surface area contributed by atoms with Crippen molar-refractivity contribution in [3.05, 3.63) is 120 Å². The third-order valence-electron chi connectivity index (χ3n) is 8.14. The Kier molecular flexibility index (Phi) is 9.83. The van der Waals surface area contributed by atoms with Crippen molar-refractivity contribution in [2.75, 3.05) is 32.6 Å². The molecule has 0 atom stereocenters. The lowest BCUT2D eigenvalue weighted by Gasteiger charge is -2.29. The van der Waals surface area contributed by atoms with Crippen molar-refractivity contribution in [1.29, 1.82) is 0 Å². The van der Waals surface area contributed by atoms with E-state index < -0.39 is 0 Å². The lowest BCUT2D eigenvalue weighted by Crippen LogP contribution is -2.32. The van der Waals surface area contributed by atoms with Crippen molar-refractivity contribution in [2.45, 2.75) is 19.4 Å². The number of carbonyl (C=O) groups is 1. The van der Waals surface area contributed by atoms with Gasteiger partial charge in [-0.2, -0.15) is 0 Å². The van der Waals surface area contributed by atoms with Crippen LogP contribution >= 0.6 is 0 Å². The highest BCUT2D eigenvalue weighted by molar-refractivity contribution is 6.01. The van der Waals surface area contributed by atoms with Crippen LogP contribution in [0.15, 0.2) is 97.3 Å². The molecule has 3 aromatic carbocycles. The normalized spacial score (nSPS) is 12.8. The fraction of sp³-hybridized carbons (Fsp3) is 0.184. The number of methoxy groups -OCH3 is 2. The van der Waals surface area contributed by atoms with Crippen LogP contribution in [0.4, 0.5) is 5.69 Å². The molecule has 3 heterocycles. The monoisotopic (exact) mass is 644 g/mol. The van der Waals surface area contributed by atoms with Crippen LogP contribution in [0.2, 0.25) is 0 Å². The van der Waals surface area contributed by atoms with Gasteiger partial charge < -0.3 is 29.7 Å². The van der Waals surface area contributed by atoms with Crippen LogP contribution in [0, 0.1) is 0 Å². The second-order valence-electron chi connectivity index (χ2n) is 11.4. The molecule has 1 aliphatic heterocycles. The van der Waals surface area contributed by atoms with Gasteiger partial charge in [0.25, 0.3) is 0 Å². The zero-order valence-corrected chi connectivity index (χ0v) is 26.7. The number of amides is 1. The number of rotatable bonds is 11. The molecule has 48 heavy (non-hydrogen) atoms. The molecule has 0 saturated carbocycles. The molecule has 1 aliphatic rings. The number of ether oxygens (including phenoxy) is 3. The van der Waals surface area contributed by atoms with Gasteiger partial charge in [-0.15, -0.1) is 0 Å². The van der Waals surface area contributed by atoms with E-state index in [9.17, 15) is 15.0 Å². The number of carbonyl (C=O) groups excluding carboxylic acids is 1. The molecule has 3 N–H and O–H groups in total. The summed E-state index contributed by atoms with van der Waals surface area (Å²) in [5, 5.41) is 23.8. The molecule has 0 bridgehead atoms. The van der Waals surface area contributed by atoms with Gasteiger partial charge in [-0.25, -0.2) is 4.98 Å². The Labute approximate surface area is 278 Å². The Morgan fingerprint density at radius 3 is 2.33 bits per heavy atom. The van der Waals surface area contributed by atoms with Crippen LogP contribution in [0.25, 0.3) is 17.3 Å². The second kappa shape index (κ2) is 14.7. The zero-order chi connectivity index (χ0) is 33.5. The van der Waals surface area contributed by atoms with Gasteiger partial charge in [0.15, 0.2) is 11.5 Å². The summed E-state index contributed by atoms with van der Waals surface area (Å²) in [5.74, 6) is 1.40. The van der Waals surface area contributed by atoms with Crippen LogP contribution in [-0.2, 0) is 24.2 Å². The molecule has 0 radical (unpaired) electrons. The first kappa shape index (κ1) is 32.1. The number of fused-ring (bicyclic) bond motifs is 1. The second-order valence-corrected chi connectivity index (χ2v) is 11.4. The van der Waals surface area contributed by atoms with E-state index >= 15 is 0 Å². The van der Waals surface area contributed by atoms with Gasteiger partial charge in [0, 0.05) is 62.0 Å². The molecule has 5 aromatic rings. The standard InChI is InChI=1S/C38H36N4O6/c1-46-34-19-27-15-18-42(24-28(27)20-35(34)47-2)17-14-25-6-10-29(11-7-25)41-36(45)12-8-26-9-13-37(40-23-26)48-30-21-32(43)38(33(44)22-30)31-5-3-4-16-39-31/h3-13,16,19-23,43-44H,14-15,17-18,24H2,1-2H3,(H,41,45)/b12-8+. The SMILES string of the molecule is COc1cc2c(cc1OC)CN(CCc1ccc(NC(=O)/C=C/c3ccc(Oc4cc(O)c(-c5ccccn5)c(O)c4)nc3)cc1)CC2. The maximum atomic E-state index is 12.6. The molecule has 10 nitrogen and oxygen atoms in total. The molecule has 6 rings (SSSR count). The van der Waals surface area contributed by atoms with Crippen LogP contribution in [0.5, 0.6) is 34.6 Å². The van der Waals surface area contributed by atoms with Crippen molar-refractivity contribution in [2.24, 2.45) is 0 Å². The van der Waals surface area contributed by atoms with Crippen molar-refractivity contribution in [3.63, 3.8) is 0 Å². The summed E-state index contributed by atoms with van der Waals surface area (Å²) in [6.45, 7) is 2.80. The van der Waals surface area contributed by atoms with Gasteiger partial charge in [0.1, 0.15) is 17.2 Å². The first-order valence-corrected chi connectivity index (χ1v) is 15.5. The first-order chi connectivity index (χ1) is 23.4. The van der Waals surface area contributed by atoms with Gasteiger partial charge in [-0.3, -0.25) is 14.7 Å². The zero-order valence-electron chi connectivity index (χ0n) is 26.7. The summed E-state index contributed by atoms with van der Waals surface area (Å²) >= 11 is 0. The van der Waals surface area contributed by atoms with Gasteiger partial charge in [0.2, 0.25) is 11.8 Å². The number of phenols is 2. The average molecular weight is 645 g/mol. The molecular formula is C38H36N4O6. The molecule has 2 aromatic heterocycles. The molecular weight excluding hydrogens is 608 g/mol. The van der Waals surface area contributed by atoms with E-state index in [4.69, 9.17) is 14.2 Å². The smallest absolute Gasteiger partial charge is 0.248 e. The summed E-state index contributed by atoms with van der Waals surface area (Å²) in [6.07, 6.45) is 8.11. The lowest BCUT2D eigenvalue weighted by molar-refractivity contribution is -0.111. The molecule has 0 fully saturated rings. The number of nitrogens with one attached hydrogen (secondary N) is 1. The number of aromatic hydroxyl groups is 2. The van der Waals surface area contributed by atoms with Crippen molar-refractivity contribution < 1.29 is 29.2 Å². The van der Waals surface area contributed by atoms with E-state index in [2.05, 4.69) is 32.3 Å². The number of phenolic OH excluding ortho intramolecular Hbond substituents is 2. The van der Waals surface area contributed by atoms with Gasteiger partial charge in [0.05, 0.1) is 25.5 Å². The van der Waals surface area contributed by atoms with Gasteiger partial charge >= 0.3 is 0 Å². The minimum atomic E-state index is -0.263. The molecule has 0 saturated heterocycles. The maximum Gasteiger partial charge on any atom is 0.248 e. The minimum Gasteiger partial charge on any atom is -0.507 e. The highest BCUT2D eigenvalue weighted by atomic mass is 16.5. The van der Waals surface area contributed by atoms with Crippen LogP contribution < -0.4 is 19.5 Å². The number of pyridine rings is 2. The number of aromatic nitrogens is 2. The number of benzene rings is 3. The summed E-state index contributed by atoms with van der Waals surface area (Å²) in [5.41, 5.74) is 5.85. The Balaban J connectivity index is 0.976. The Hall–Kier alpha value is -5.87. The van der Waals surface area contributed by atoms with E-state index in [0.717, 1.165) is 44.0 Å². The molecule has 0 unspecified atom stereocenters. The molecule has 1 amide bonds. The predicted octanol–water partition coefficient (Wildman–Crippen LogP) is 6.62. The Morgan fingerprint density at radius 2 is 1.67 bits per heavy atom. The van der Waals surface area contributed by atoms with Crippen LogP contribution in [0.1, 0.15) is 22.3 Å². The van der Waals surface area contributed by atoms with E-state index in [0.29, 0.717) is 16.9 Å². The average Bonchev–Trinajstić information content (AvgIpc) is 3.10. The fourth-order valence-electron chi connectivity index (χ4n) is 5.62. The largest absolute Gasteiger partial charge is 0.507 e. The van der Waals surface area contributed by atoms with Crippen molar-refractivity contribution in [1.82, 2.24) is 14.9 Å². The third kappa shape index (κ3) is 7.73. The third-order valence-corrected chi connectivity index (χ3v) is 8.14. The van der Waals surface area contributed by atoms with Crippen LogP contribution in [0.3, 0.4) is 0 Å². The Morgan fingerprint density at radius 1 is 0.917 bits per heavy atom. The molecule has 10 heteroatoms. The van der Waals surface area contributed by atoms with Gasteiger partial charge in [-0.05, 0) is 83.6 Å². The summed E-state index contributed by atoms with van der Waals surface area (Å²) < 4.78 is 16.7. The number of anilines is 1. The number of hydrogen-bond donors (Lipinski definition) is 3. The molecule has 0 spiro atoms. The van der Waals surface area contributed by atoms with E-state index in [1.54, 1.807) is 63.0 Å². The Bertz CT molecular complexity index is 1890. The highest BCUT2D eigenvalue weighted by Crippen LogP contribution is 2.40. The van der Waals surface area contributed by atoms with Crippen molar-refractivity contribution in [3.8, 4) is 45.9 Å². The van der Waals surface area contributed by atoms with Crippen molar-refractivity contribution >= 4 is 17.7 Å². The summed E-state index contributed by atoms with van der Waals surface area (Å²) in [6, 6.07) is 23.4. The minimum absolute atomic E-state index is 0.170. The van der Waals surface area contributed by atoms with Gasteiger partial charge in [-0.1, -0.05) is 18.2 Å². The number of nitrogens with zero attached hydrogens (tertiary/aromatic N) is 3. The molecule has 0 aliphatic carbocycles. The summed E-state index contributed by atoms with van der Waals surface area (Å²) in [4.78, 5) is 23.5. The summed E-state index contributed by atoms with van der Waals surface area (Å²) in [7, 11) is 3.33. The van der Waals surface area contributed by atoms with E-state index in [1.165, 1.54) is 34.9 Å². The molecule has 244 valence electrons. The van der Waals surface area contributed by atoms with E-state index in [-0.39, 0.29) is 34.6 Å². The number of hydrogen-bond acceptors (Lipinski definition) is 9. The highest BCUT2D eigenvalue weighted by Gasteiger charge is 2.19. The van der Waals surface area contributed by atoms with E-state index in [1.807, 2.05) is 24.3 Å². The fourth-order valence-corrected chi connectivity index (χ4v) is 5.62. The predicted molar refractivity (Wildman–Crippen MR) is 184 cm³/mol. The lowest BCUT2D eigenvalue weighted by atomic mass is 9.98. The quantitative estimate of drug-likeness (QED) is 0.136. The van der Waals surface area contributed by atoms with Crippen LogP contribution in [-0.4, -0.2) is 58.3 Å². The topological polar surface area (TPSA) is 126 Å². The first-order valence-electron chi connectivity index (χ1n) is 15.5.